The van der Waals surface area contributed by atoms with E-state index in [0.717, 1.165) is 24.7 Å². The highest BCUT2D eigenvalue weighted by molar-refractivity contribution is 6.32. The first-order valence-corrected chi connectivity index (χ1v) is 7.50. The van der Waals surface area contributed by atoms with Gasteiger partial charge in [-0.2, -0.15) is 0 Å². The van der Waals surface area contributed by atoms with Crippen LogP contribution in [0.25, 0.3) is 5.69 Å². The summed E-state index contributed by atoms with van der Waals surface area (Å²) in [6.07, 6.45) is 3.64. The van der Waals surface area contributed by atoms with Gasteiger partial charge in [-0.25, -0.2) is 4.98 Å². The van der Waals surface area contributed by atoms with Crippen LogP contribution in [0.2, 0.25) is 5.02 Å². The predicted octanol–water partition coefficient (Wildman–Crippen LogP) is 1.73. The lowest BCUT2D eigenvalue weighted by molar-refractivity contribution is -0.138. The average Bonchev–Trinajstić information content (AvgIpc) is 2.97. The molecule has 2 aromatic rings. The normalized spacial score (nSPS) is 16.0. The summed E-state index contributed by atoms with van der Waals surface area (Å²) >= 11 is 6.27. The fourth-order valence-electron chi connectivity index (χ4n) is 2.66. The second-order valence-electron chi connectivity index (χ2n) is 5.21. The van der Waals surface area contributed by atoms with E-state index in [1.54, 1.807) is 6.20 Å². The van der Waals surface area contributed by atoms with E-state index in [2.05, 4.69) is 9.88 Å². The van der Waals surface area contributed by atoms with Crippen LogP contribution >= 0.6 is 11.6 Å². The summed E-state index contributed by atoms with van der Waals surface area (Å²) in [5, 5.41) is 9.52. The lowest BCUT2D eigenvalue weighted by atomic mass is 10.3. The van der Waals surface area contributed by atoms with Crippen molar-refractivity contribution >= 4 is 23.5 Å². The third kappa shape index (κ3) is 3.08. The summed E-state index contributed by atoms with van der Waals surface area (Å²) in [4.78, 5) is 19.3. The maximum Gasteiger partial charge on any atom is 0.317 e. The number of benzene rings is 1. The van der Waals surface area contributed by atoms with Crippen molar-refractivity contribution in [3.8, 4) is 5.69 Å². The monoisotopic (exact) mass is 320 g/mol. The summed E-state index contributed by atoms with van der Waals surface area (Å²) in [6, 6.07) is 7.64. The van der Waals surface area contributed by atoms with Crippen molar-refractivity contribution in [2.45, 2.75) is 0 Å². The minimum Gasteiger partial charge on any atom is -0.480 e. The number of carboxylic acids is 1. The van der Waals surface area contributed by atoms with Crippen LogP contribution in [-0.4, -0.2) is 58.3 Å². The predicted molar refractivity (Wildman–Crippen MR) is 84.9 cm³/mol. The van der Waals surface area contributed by atoms with Crippen molar-refractivity contribution in [3.63, 3.8) is 0 Å². The van der Waals surface area contributed by atoms with Crippen LogP contribution < -0.4 is 4.90 Å². The lowest BCUT2D eigenvalue weighted by Gasteiger charge is -2.34. The van der Waals surface area contributed by atoms with Gasteiger partial charge in [0.15, 0.2) is 0 Å². The maximum atomic E-state index is 10.8. The van der Waals surface area contributed by atoms with E-state index in [4.69, 9.17) is 16.7 Å². The van der Waals surface area contributed by atoms with Crippen LogP contribution in [0, 0.1) is 0 Å². The van der Waals surface area contributed by atoms with Crippen molar-refractivity contribution in [1.82, 2.24) is 14.5 Å². The number of halogens is 1. The SMILES string of the molecule is O=C(O)CN1CCN(c2nccn2-c2ccccc2Cl)CC1. The Morgan fingerprint density at radius 3 is 2.64 bits per heavy atom. The van der Waals surface area contributed by atoms with Crippen LogP contribution in [0.3, 0.4) is 0 Å². The summed E-state index contributed by atoms with van der Waals surface area (Å²) in [5.41, 5.74) is 0.893. The Morgan fingerprint density at radius 1 is 1.23 bits per heavy atom. The lowest BCUT2D eigenvalue weighted by Crippen LogP contribution is -2.48. The van der Waals surface area contributed by atoms with E-state index in [1.165, 1.54) is 0 Å². The molecule has 1 aromatic carbocycles. The highest BCUT2D eigenvalue weighted by atomic mass is 35.5. The molecule has 22 heavy (non-hydrogen) atoms. The molecule has 0 radical (unpaired) electrons. The molecule has 1 aromatic heterocycles. The molecule has 2 heterocycles. The molecule has 6 nitrogen and oxygen atoms in total. The number of carboxylic acid groups (broad SMARTS) is 1. The third-order valence-corrected chi connectivity index (χ3v) is 4.07. The Labute approximate surface area is 133 Å². The molecule has 0 spiro atoms. The Kier molecular flexibility index (Phi) is 4.31. The zero-order valence-corrected chi connectivity index (χ0v) is 12.8. The number of aliphatic carboxylic acids is 1. The van der Waals surface area contributed by atoms with Gasteiger partial charge < -0.3 is 10.0 Å². The van der Waals surface area contributed by atoms with E-state index in [0.29, 0.717) is 18.1 Å². The number of anilines is 1. The molecule has 0 aliphatic carbocycles. The van der Waals surface area contributed by atoms with Gasteiger partial charge in [0, 0.05) is 38.6 Å². The van der Waals surface area contributed by atoms with Crippen LogP contribution in [0.15, 0.2) is 36.7 Å². The van der Waals surface area contributed by atoms with Crippen molar-refractivity contribution in [1.29, 1.82) is 0 Å². The minimum absolute atomic E-state index is 0.0901. The molecule has 0 saturated carbocycles. The molecule has 1 aliphatic rings. The second-order valence-corrected chi connectivity index (χ2v) is 5.61. The van der Waals surface area contributed by atoms with Crippen molar-refractivity contribution < 1.29 is 9.90 Å². The number of piperazine rings is 1. The molecule has 0 unspecified atom stereocenters. The molecule has 1 fully saturated rings. The van der Waals surface area contributed by atoms with E-state index in [-0.39, 0.29) is 6.54 Å². The van der Waals surface area contributed by atoms with Gasteiger partial charge in [0.2, 0.25) is 5.95 Å². The number of hydrogen-bond donors (Lipinski definition) is 1. The van der Waals surface area contributed by atoms with E-state index in [9.17, 15) is 4.79 Å². The Hall–Kier alpha value is -2.05. The van der Waals surface area contributed by atoms with Gasteiger partial charge in [0.05, 0.1) is 17.3 Å². The topological polar surface area (TPSA) is 61.6 Å². The van der Waals surface area contributed by atoms with E-state index in [1.807, 2.05) is 39.9 Å². The van der Waals surface area contributed by atoms with Crippen molar-refractivity contribution in [2.75, 3.05) is 37.6 Å². The fraction of sp³-hybridized carbons (Fsp3) is 0.333. The number of rotatable bonds is 4. The molecule has 0 amide bonds. The second kappa shape index (κ2) is 6.37. The van der Waals surface area contributed by atoms with Gasteiger partial charge in [-0.1, -0.05) is 23.7 Å². The molecule has 116 valence electrons. The van der Waals surface area contributed by atoms with Gasteiger partial charge in [-0.3, -0.25) is 14.3 Å². The van der Waals surface area contributed by atoms with Crippen molar-refractivity contribution in [2.24, 2.45) is 0 Å². The quantitative estimate of drug-likeness (QED) is 0.929. The fourth-order valence-corrected chi connectivity index (χ4v) is 2.89. The van der Waals surface area contributed by atoms with Gasteiger partial charge in [0.25, 0.3) is 0 Å². The Bertz CT molecular complexity index is 665. The number of carbonyl (C=O) groups is 1. The largest absolute Gasteiger partial charge is 0.480 e. The molecule has 1 saturated heterocycles. The summed E-state index contributed by atoms with van der Waals surface area (Å²) in [6.45, 7) is 3.00. The van der Waals surface area contributed by atoms with Gasteiger partial charge in [0.1, 0.15) is 0 Å². The number of aromatic nitrogens is 2. The number of imidazole rings is 1. The average molecular weight is 321 g/mol. The molecule has 1 N–H and O–H groups in total. The molecule has 0 atom stereocenters. The van der Waals surface area contributed by atoms with Gasteiger partial charge in [-0.05, 0) is 12.1 Å². The van der Waals surface area contributed by atoms with Gasteiger partial charge >= 0.3 is 5.97 Å². The molecule has 7 heteroatoms. The first-order chi connectivity index (χ1) is 10.6. The van der Waals surface area contributed by atoms with Crippen molar-refractivity contribution in [3.05, 3.63) is 41.7 Å². The number of hydrogen-bond acceptors (Lipinski definition) is 4. The summed E-state index contributed by atoms with van der Waals surface area (Å²) in [5.74, 6) is 0.0501. The standard InChI is InChI=1S/C15H17ClN4O2/c16-12-3-1-2-4-13(12)20-6-5-17-15(20)19-9-7-18(8-10-19)11-14(21)22/h1-6H,7-11H2,(H,21,22). The molecule has 0 bridgehead atoms. The smallest absolute Gasteiger partial charge is 0.317 e. The van der Waals surface area contributed by atoms with Crippen LogP contribution in [0.4, 0.5) is 5.95 Å². The summed E-state index contributed by atoms with van der Waals surface area (Å²) in [7, 11) is 0. The molecule has 3 rings (SSSR count). The molecule has 1 aliphatic heterocycles. The number of para-hydroxylation sites is 1. The molecular weight excluding hydrogens is 304 g/mol. The first kappa shape index (κ1) is 14.9. The third-order valence-electron chi connectivity index (χ3n) is 3.75. The van der Waals surface area contributed by atoms with Gasteiger partial charge in [-0.15, -0.1) is 0 Å². The van der Waals surface area contributed by atoms with E-state index < -0.39 is 5.97 Å². The maximum absolute atomic E-state index is 10.8. The highest BCUT2D eigenvalue weighted by Gasteiger charge is 2.22. The Balaban J connectivity index is 1.77. The highest BCUT2D eigenvalue weighted by Crippen LogP contribution is 2.25. The van der Waals surface area contributed by atoms with Crippen LogP contribution in [-0.2, 0) is 4.79 Å². The zero-order valence-electron chi connectivity index (χ0n) is 12.0. The first-order valence-electron chi connectivity index (χ1n) is 7.12. The Morgan fingerprint density at radius 2 is 1.95 bits per heavy atom. The minimum atomic E-state index is -0.786. The van der Waals surface area contributed by atoms with E-state index >= 15 is 0 Å². The van der Waals surface area contributed by atoms with Crippen LogP contribution in [0.5, 0.6) is 0 Å². The zero-order chi connectivity index (χ0) is 15.5. The molecular formula is C15H17ClN4O2. The summed E-state index contributed by atoms with van der Waals surface area (Å²) < 4.78 is 1.97. The number of nitrogens with zero attached hydrogens (tertiary/aromatic N) is 4. The van der Waals surface area contributed by atoms with Crippen LogP contribution in [0.1, 0.15) is 0 Å².